The van der Waals surface area contributed by atoms with Gasteiger partial charge in [-0.2, -0.15) is 10.4 Å². The Labute approximate surface area is 180 Å². The van der Waals surface area contributed by atoms with Crippen LogP contribution in [-0.2, 0) is 0 Å². The van der Waals surface area contributed by atoms with Crippen molar-refractivity contribution in [3.8, 4) is 11.9 Å². The maximum absolute atomic E-state index is 12.4. The number of rotatable bonds is 3. The van der Waals surface area contributed by atoms with Crippen molar-refractivity contribution >= 4 is 40.6 Å². The number of nitrogens with zero attached hydrogens (tertiary/aromatic N) is 4. The highest BCUT2D eigenvalue weighted by molar-refractivity contribution is 6.42. The van der Waals surface area contributed by atoms with Gasteiger partial charge in [0.1, 0.15) is 5.75 Å². The van der Waals surface area contributed by atoms with Crippen molar-refractivity contribution in [3.63, 3.8) is 0 Å². The van der Waals surface area contributed by atoms with E-state index in [-0.39, 0.29) is 17.6 Å². The molecule has 0 amide bonds. The van der Waals surface area contributed by atoms with E-state index in [0.717, 1.165) is 17.7 Å². The van der Waals surface area contributed by atoms with E-state index in [2.05, 4.69) is 20.1 Å². The van der Waals surface area contributed by atoms with E-state index in [4.69, 9.17) is 28.5 Å². The van der Waals surface area contributed by atoms with E-state index in [9.17, 15) is 13.2 Å². The predicted octanol–water partition coefficient (Wildman–Crippen LogP) is 5.50. The number of nitrogens with one attached hydrogen (secondary N) is 1. The van der Waals surface area contributed by atoms with Crippen LogP contribution in [0, 0.1) is 17.4 Å². The molecule has 0 saturated carbocycles. The molecule has 0 saturated heterocycles. The van der Waals surface area contributed by atoms with Crippen molar-refractivity contribution in [1.29, 1.82) is 5.26 Å². The van der Waals surface area contributed by atoms with Gasteiger partial charge in [-0.25, -0.2) is 5.01 Å². The van der Waals surface area contributed by atoms with Crippen LogP contribution in [0.1, 0.15) is 12.5 Å². The molecule has 0 radical (unpaired) electrons. The minimum Gasteiger partial charge on any atom is -0.406 e. The van der Waals surface area contributed by atoms with Gasteiger partial charge in [0.05, 0.1) is 22.3 Å². The lowest BCUT2D eigenvalue weighted by atomic mass is 9.99. The molecule has 30 heavy (non-hydrogen) atoms. The number of ether oxygens (including phenoxy) is 1. The molecule has 2 aromatic rings. The summed E-state index contributed by atoms with van der Waals surface area (Å²) in [6.07, 6.45) is -3.15. The van der Waals surface area contributed by atoms with Crippen molar-refractivity contribution in [3.05, 3.63) is 58.1 Å². The number of hydrogen-bond acceptors (Lipinski definition) is 4. The molecule has 1 aliphatic rings. The summed E-state index contributed by atoms with van der Waals surface area (Å²) in [6.45, 7) is 2.32. The summed E-state index contributed by atoms with van der Waals surface area (Å²) in [6, 6.07) is 10.3. The molecule has 1 aliphatic heterocycles. The van der Waals surface area contributed by atoms with Gasteiger partial charge in [-0.1, -0.05) is 42.3 Å². The molecule has 156 valence electrons. The van der Waals surface area contributed by atoms with Crippen LogP contribution in [0.25, 0.3) is 0 Å². The van der Waals surface area contributed by atoms with Gasteiger partial charge in [0, 0.05) is 17.7 Å². The summed E-state index contributed by atoms with van der Waals surface area (Å²) in [5, 5.41) is 18.6. The molecule has 1 heterocycles. The molecular weight excluding hydrogens is 442 g/mol. The van der Waals surface area contributed by atoms with Crippen LogP contribution in [0.4, 0.5) is 18.9 Å². The minimum absolute atomic E-state index is 0.0344. The fraction of sp³-hybridized carbons (Fsp3) is 0.211. The second-order valence-electron chi connectivity index (χ2n) is 6.33. The standard InChI is InChI=1S/C19H14Cl2F3N5O/c1-11-9-29(28-17(11)12-5-6-15(20)16(21)7-12)18(26-10-25)27-13-3-2-4-14(8-13)30-19(22,23)24/h2-8,11H,9H2,1H3,(H,26,27). The third kappa shape index (κ3) is 5.34. The molecule has 0 spiro atoms. The summed E-state index contributed by atoms with van der Waals surface area (Å²) in [5.74, 6) is -0.380. The number of nitriles is 1. The number of hydrazone groups is 1. The lowest BCUT2D eigenvalue weighted by Gasteiger charge is -2.18. The van der Waals surface area contributed by atoms with Crippen molar-refractivity contribution in [1.82, 2.24) is 5.01 Å². The number of halogens is 5. The SMILES string of the molecule is CC1CN(/C(=N\C#N)Nc2cccc(OC(F)(F)F)c2)N=C1c1ccc(Cl)c(Cl)c1. The first-order valence-corrected chi connectivity index (χ1v) is 9.33. The summed E-state index contributed by atoms with van der Waals surface area (Å²) >= 11 is 12.0. The van der Waals surface area contributed by atoms with E-state index in [1.54, 1.807) is 24.4 Å². The van der Waals surface area contributed by atoms with Crippen LogP contribution in [0.15, 0.2) is 52.6 Å². The third-order valence-corrected chi connectivity index (χ3v) is 4.82. The van der Waals surface area contributed by atoms with Crippen molar-refractivity contribution in [2.45, 2.75) is 13.3 Å². The maximum atomic E-state index is 12.4. The Balaban J connectivity index is 1.85. The largest absolute Gasteiger partial charge is 0.573 e. The fourth-order valence-electron chi connectivity index (χ4n) is 2.84. The van der Waals surface area contributed by atoms with E-state index >= 15 is 0 Å². The predicted molar refractivity (Wildman–Crippen MR) is 109 cm³/mol. The van der Waals surface area contributed by atoms with Crippen LogP contribution < -0.4 is 10.1 Å². The minimum atomic E-state index is -4.81. The van der Waals surface area contributed by atoms with Gasteiger partial charge in [0.25, 0.3) is 0 Å². The molecule has 1 unspecified atom stereocenters. The number of aliphatic imine (C=N–C) groups is 1. The molecule has 1 atom stereocenters. The number of anilines is 1. The topological polar surface area (TPSA) is 73.0 Å². The number of benzene rings is 2. The average Bonchev–Trinajstić information content (AvgIpc) is 3.04. The first-order chi connectivity index (χ1) is 14.2. The second kappa shape index (κ2) is 8.81. The van der Waals surface area contributed by atoms with E-state index in [1.807, 2.05) is 6.92 Å². The summed E-state index contributed by atoms with van der Waals surface area (Å²) in [4.78, 5) is 3.72. The maximum Gasteiger partial charge on any atom is 0.573 e. The summed E-state index contributed by atoms with van der Waals surface area (Å²) in [5.41, 5.74) is 1.71. The highest BCUT2D eigenvalue weighted by atomic mass is 35.5. The highest BCUT2D eigenvalue weighted by Gasteiger charge is 2.31. The van der Waals surface area contributed by atoms with Gasteiger partial charge >= 0.3 is 6.36 Å². The van der Waals surface area contributed by atoms with Crippen LogP contribution in [-0.4, -0.2) is 29.6 Å². The lowest BCUT2D eigenvalue weighted by Crippen LogP contribution is -2.31. The first-order valence-electron chi connectivity index (χ1n) is 8.57. The van der Waals surface area contributed by atoms with Crippen molar-refractivity contribution < 1.29 is 17.9 Å². The van der Waals surface area contributed by atoms with Crippen molar-refractivity contribution in [2.24, 2.45) is 16.0 Å². The molecule has 0 bridgehead atoms. The zero-order valence-corrected chi connectivity index (χ0v) is 16.9. The Morgan fingerprint density at radius 1 is 1.27 bits per heavy atom. The van der Waals surface area contributed by atoms with E-state index < -0.39 is 12.1 Å². The van der Waals surface area contributed by atoms with Gasteiger partial charge in [-0.3, -0.25) is 0 Å². The summed E-state index contributed by atoms with van der Waals surface area (Å²) in [7, 11) is 0. The Morgan fingerprint density at radius 2 is 2.03 bits per heavy atom. The molecule has 2 aromatic carbocycles. The van der Waals surface area contributed by atoms with E-state index in [1.165, 1.54) is 17.1 Å². The molecule has 6 nitrogen and oxygen atoms in total. The monoisotopic (exact) mass is 455 g/mol. The van der Waals surface area contributed by atoms with Crippen molar-refractivity contribution in [2.75, 3.05) is 11.9 Å². The number of hydrogen-bond donors (Lipinski definition) is 1. The molecule has 0 aromatic heterocycles. The van der Waals surface area contributed by atoms with Gasteiger partial charge in [-0.15, -0.1) is 18.2 Å². The lowest BCUT2D eigenvalue weighted by molar-refractivity contribution is -0.274. The third-order valence-electron chi connectivity index (χ3n) is 4.08. The van der Waals surface area contributed by atoms with Gasteiger partial charge < -0.3 is 10.1 Å². The Hall–Kier alpha value is -2.96. The Kier molecular flexibility index (Phi) is 6.39. The van der Waals surface area contributed by atoms with Crippen LogP contribution in [0.2, 0.25) is 10.0 Å². The van der Waals surface area contributed by atoms with Crippen LogP contribution >= 0.6 is 23.2 Å². The normalized spacial score (nSPS) is 16.8. The van der Waals surface area contributed by atoms with Gasteiger partial charge in [-0.05, 0) is 29.8 Å². The van der Waals surface area contributed by atoms with Crippen LogP contribution in [0.3, 0.4) is 0 Å². The van der Waals surface area contributed by atoms with Gasteiger partial charge in [0.15, 0.2) is 0 Å². The second-order valence-corrected chi connectivity index (χ2v) is 7.15. The zero-order chi connectivity index (χ0) is 21.9. The molecule has 3 rings (SSSR count). The Bertz CT molecular complexity index is 1050. The van der Waals surface area contributed by atoms with E-state index in [0.29, 0.717) is 22.3 Å². The quantitative estimate of drug-likeness (QED) is 0.376. The number of alkyl halides is 3. The first kappa shape index (κ1) is 21.7. The fourth-order valence-corrected chi connectivity index (χ4v) is 3.14. The smallest absolute Gasteiger partial charge is 0.406 e. The zero-order valence-electron chi connectivity index (χ0n) is 15.4. The molecular formula is C19H14Cl2F3N5O. The van der Waals surface area contributed by atoms with Gasteiger partial charge in [0.2, 0.25) is 12.2 Å². The summed E-state index contributed by atoms with van der Waals surface area (Å²) < 4.78 is 41.3. The van der Waals surface area contributed by atoms with Crippen LogP contribution in [0.5, 0.6) is 5.75 Å². The molecule has 11 heteroatoms. The molecule has 1 N–H and O–H groups in total. The highest BCUT2D eigenvalue weighted by Crippen LogP contribution is 2.28. The molecule has 0 fully saturated rings. The number of guanidine groups is 1. The average molecular weight is 456 g/mol. The Morgan fingerprint density at radius 3 is 2.70 bits per heavy atom. The molecule has 0 aliphatic carbocycles.